The highest BCUT2D eigenvalue weighted by Crippen LogP contribution is 2.24. The van der Waals surface area contributed by atoms with Crippen molar-refractivity contribution < 1.29 is 15.0 Å². The lowest BCUT2D eigenvalue weighted by atomic mass is 10.1. The summed E-state index contributed by atoms with van der Waals surface area (Å²) >= 11 is 5.17. The van der Waals surface area contributed by atoms with Crippen molar-refractivity contribution >= 4 is 35.2 Å². The fraction of sp³-hybridized carbons (Fsp3) is 0.143. The molecule has 0 unspecified atom stereocenters. The Hall–Kier alpha value is -3.72. The molecule has 8 nitrogen and oxygen atoms in total. The monoisotopic (exact) mass is 423 g/mol. The van der Waals surface area contributed by atoms with E-state index in [1.807, 2.05) is 32.0 Å². The molecule has 0 aliphatic heterocycles. The quantitative estimate of drug-likeness (QED) is 0.282. The predicted octanol–water partition coefficient (Wildman–Crippen LogP) is 3.52. The van der Waals surface area contributed by atoms with Crippen molar-refractivity contribution in [2.45, 2.75) is 20.8 Å². The van der Waals surface area contributed by atoms with Gasteiger partial charge in [0.15, 0.2) is 5.11 Å². The van der Waals surface area contributed by atoms with Gasteiger partial charge >= 0.3 is 5.97 Å². The molecule has 1 aromatic heterocycles. The first kappa shape index (κ1) is 21.0. The molecule has 0 saturated carbocycles. The first-order chi connectivity index (χ1) is 14.3. The zero-order valence-corrected chi connectivity index (χ0v) is 17.5. The molecule has 0 aliphatic carbocycles. The summed E-state index contributed by atoms with van der Waals surface area (Å²) in [4.78, 5) is 11.0. The molecule has 2 aromatic carbocycles. The number of hydrogen-bond acceptors (Lipinski definition) is 5. The molecule has 3 aromatic rings. The second kappa shape index (κ2) is 8.75. The molecule has 4 N–H and O–H groups in total. The summed E-state index contributed by atoms with van der Waals surface area (Å²) in [5.74, 6) is -1.06. The fourth-order valence-electron chi connectivity index (χ4n) is 2.76. The van der Waals surface area contributed by atoms with Crippen LogP contribution < -0.4 is 10.7 Å². The third-order valence-corrected chi connectivity index (χ3v) is 4.74. The fourth-order valence-corrected chi connectivity index (χ4v) is 2.93. The lowest BCUT2D eigenvalue weighted by Crippen LogP contribution is -2.24. The Morgan fingerprint density at radius 2 is 1.93 bits per heavy atom. The van der Waals surface area contributed by atoms with E-state index in [-0.39, 0.29) is 16.6 Å². The first-order valence-electron chi connectivity index (χ1n) is 9.06. The normalized spacial score (nSPS) is 10.9. The summed E-state index contributed by atoms with van der Waals surface area (Å²) < 4.78 is 1.46. The smallest absolute Gasteiger partial charge is 0.335 e. The van der Waals surface area contributed by atoms with Crippen LogP contribution in [0.4, 0.5) is 5.69 Å². The number of hydrazone groups is 1. The van der Waals surface area contributed by atoms with Crippen molar-refractivity contribution in [3.8, 4) is 11.6 Å². The standard InChI is InChI=1S/C21H21N5O3S/c1-12-7-8-17(9-13(12)2)26-19(27)18(14(3)25-26)11-22-24-21(30)23-16-6-4-5-15(10-16)20(28)29/h4-11,27H,1-3H3,(H,28,29)(H2,23,24,30)/b22-11+. The number of rotatable bonds is 5. The average Bonchev–Trinajstić information content (AvgIpc) is 2.98. The van der Waals surface area contributed by atoms with Gasteiger partial charge in [0.05, 0.1) is 28.7 Å². The van der Waals surface area contributed by atoms with Gasteiger partial charge in [-0.1, -0.05) is 12.1 Å². The van der Waals surface area contributed by atoms with E-state index in [0.29, 0.717) is 16.9 Å². The minimum Gasteiger partial charge on any atom is -0.493 e. The molecule has 154 valence electrons. The van der Waals surface area contributed by atoms with Gasteiger partial charge < -0.3 is 15.5 Å². The van der Waals surface area contributed by atoms with Gasteiger partial charge in [-0.05, 0) is 74.4 Å². The Morgan fingerprint density at radius 1 is 1.17 bits per heavy atom. The first-order valence-corrected chi connectivity index (χ1v) is 9.46. The lowest BCUT2D eigenvalue weighted by molar-refractivity contribution is 0.0697. The molecule has 0 aliphatic rings. The van der Waals surface area contributed by atoms with Crippen molar-refractivity contribution in [1.82, 2.24) is 15.2 Å². The van der Waals surface area contributed by atoms with Crippen molar-refractivity contribution in [1.29, 1.82) is 0 Å². The van der Waals surface area contributed by atoms with Gasteiger partial charge in [0.25, 0.3) is 0 Å². The summed E-state index contributed by atoms with van der Waals surface area (Å²) in [6.45, 7) is 5.79. The molecular weight excluding hydrogens is 402 g/mol. The number of aromatic hydroxyl groups is 1. The van der Waals surface area contributed by atoms with Crippen molar-refractivity contribution in [2.75, 3.05) is 5.32 Å². The van der Waals surface area contributed by atoms with Crippen molar-refractivity contribution in [3.63, 3.8) is 0 Å². The zero-order chi connectivity index (χ0) is 21.8. The maximum Gasteiger partial charge on any atom is 0.335 e. The van der Waals surface area contributed by atoms with Gasteiger partial charge in [0, 0.05) is 5.69 Å². The van der Waals surface area contributed by atoms with E-state index in [1.54, 1.807) is 19.1 Å². The van der Waals surface area contributed by atoms with E-state index in [2.05, 4.69) is 20.9 Å². The third-order valence-electron chi connectivity index (χ3n) is 4.54. The van der Waals surface area contributed by atoms with Crippen molar-refractivity contribution in [2.24, 2.45) is 5.10 Å². The average molecular weight is 423 g/mol. The number of anilines is 1. The maximum absolute atomic E-state index is 11.0. The zero-order valence-electron chi connectivity index (χ0n) is 16.7. The number of benzene rings is 2. The van der Waals surface area contributed by atoms with E-state index in [1.165, 1.54) is 23.0 Å². The van der Waals surface area contributed by atoms with Crippen LogP contribution in [0.5, 0.6) is 5.88 Å². The van der Waals surface area contributed by atoms with E-state index < -0.39 is 5.97 Å². The number of carboxylic acids is 1. The molecule has 0 fully saturated rings. The second-order valence-electron chi connectivity index (χ2n) is 6.71. The van der Waals surface area contributed by atoms with Crippen LogP contribution in [-0.2, 0) is 0 Å². The minimum atomic E-state index is -1.03. The Kier molecular flexibility index (Phi) is 6.12. The van der Waals surface area contributed by atoms with Crippen LogP contribution in [-0.4, -0.2) is 37.3 Å². The molecule has 9 heteroatoms. The number of nitrogens with one attached hydrogen (secondary N) is 2. The summed E-state index contributed by atoms with van der Waals surface area (Å²) in [6, 6.07) is 12.1. The van der Waals surface area contributed by atoms with Crippen LogP contribution >= 0.6 is 12.2 Å². The highest BCUT2D eigenvalue weighted by atomic mass is 32.1. The number of hydrogen-bond donors (Lipinski definition) is 4. The lowest BCUT2D eigenvalue weighted by Gasteiger charge is -2.07. The summed E-state index contributed by atoms with van der Waals surface area (Å²) in [7, 11) is 0. The molecular formula is C21H21N5O3S. The van der Waals surface area contributed by atoms with Crippen LogP contribution in [0.2, 0.25) is 0 Å². The molecule has 0 bridgehead atoms. The number of aryl methyl sites for hydroxylation is 3. The number of nitrogens with zero attached hydrogens (tertiary/aromatic N) is 3. The number of aromatic carboxylic acids is 1. The number of carboxylic acid groups (broad SMARTS) is 1. The minimum absolute atomic E-state index is 0.0330. The molecule has 0 saturated heterocycles. The molecule has 0 atom stereocenters. The molecule has 0 amide bonds. The van der Waals surface area contributed by atoms with Crippen LogP contribution in [0.1, 0.15) is 32.7 Å². The Morgan fingerprint density at radius 3 is 2.63 bits per heavy atom. The Bertz CT molecular complexity index is 1150. The number of aromatic nitrogens is 2. The Labute approximate surface area is 178 Å². The second-order valence-corrected chi connectivity index (χ2v) is 7.12. The maximum atomic E-state index is 11.0. The van der Waals surface area contributed by atoms with Gasteiger partial charge in [0.2, 0.25) is 5.88 Å². The van der Waals surface area contributed by atoms with Gasteiger partial charge in [-0.15, -0.1) is 0 Å². The van der Waals surface area contributed by atoms with E-state index in [0.717, 1.165) is 16.8 Å². The molecule has 3 rings (SSSR count). The molecule has 0 radical (unpaired) electrons. The van der Waals surface area contributed by atoms with Crippen LogP contribution in [0, 0.1) is 20.8 Å². The SMILES string of the molecule is Cc1ccc(-n2nc(C)c(/C=N/NC(=S)Nc3cccc(C(=O)O)c3)c2O)cc1C. The van der Waals surface area contributed by atoms with Crippen LogP contribution in [0.25, 0.3) is 5.69 Å². The summed E-state index contributed by atoms with van der Waals surface area (Å²) in [5, 5.41) is 31.1. The van der Waals surface area contributed by atoms with E-state index in [9.17, 15) is 9.90 Å². The van der Waals surface area contributed by atoms with Crippen LogP contribution in [0.15, 0.2) is 47.6 Å². The Balaban J connectivity index is 1.71. The topological polar surface area (TPSA) is 112 Å². The van der Waals surface area contributed by atoms with Gasteiger partial charge in [-0.25, -0.2) is 9.48 Å². The predicted molar refractivity (Wildman–Crippen MR) is 120 cm³/mol. The number of thiocarbonyl (C=S) groups is 1. The van der Waals surface area contributed by atoms with E-state index >= 15 is 0 Å². The molecule has 0 spiro atoms. The van der Waals surface area contributed by atoms with Crippen LogP contribution in [0.3, 0.4) is 0 Å². The summed E-state index contributed by atoms with van der Waals surface area (Å²) in [5.41, 5.74) is 7.37. The largest absolute Gasteiger partial charge is 0.493 e. The van der Waals surface area contributed by atoms with Gasteiger partial charge in [-0.3, -0.25) is 5.43 Å². The van der Waals surface area contributed by atoms with Gasteiger partial charge in [0.1, 0.15) is 0 Å². The highest BCUT2D eigenvalue weighted by Gasteiger charge is 2.14. The molecule has 1 heterocycles. The van der Waals surface area contributed by atoms with E-state index in [4.69, 9.17) is 17.3 Å². The third kappa shape index (κ3) is 4.64. The molecule has 30 heavy (non-hydrogen) atoms. The summed E-state index contributed by atoms with van der Waals surface area (Å²) in [6.07, 6.45) is 1.43. The highest BCUT2D eigenvalue weighted by molar-refractivity contribution is 7.80. The number of carbonyl (C=O) groups is 1. The van der Waals surface area contributed by atoms with Gasteiger partial charge in [-0.2, -0.15) is 10.2 Å². The van der Waals surface area contributed by atoms with Crippen molar-refractivity contribution in [3.05, 3.63) is 70.4 Å².